The molecule has 25 heavy (non-hydrogen) atoms. The van der Waals surface area contributed by atoms with E-state index < -0.39 is 0 Å². The van der Waals surface area contributed by atoms with Gasteiger partial charge in [-0.05, 0) is 36.6 Å². The fourth-order valence-electron chi connectivity index (χ4n) is 4.11. The maximum atomic E-state index is 12.4. The number of nitrogens with one attached hydrogen (secondary N) is 2. The van der Waals surface area contributed by atoms with Gasteiger partial charge in [-0.2, -0.15) is 0 Å². The molecule has 5 nitrogen and oxygen atoms in total. The molecule has 2 aliphatic carbocycles. The first-order valence-electron chi connectivity index (χ1n) is 9.00. The Labute approximate surface area is 146 Å². The van der Waals surface area contributed by atoms with Crippen LogP contribution < -0.4 is 10.6 Å². The molecule has 3 aliphatic rings. The van der Waals surface area contributed by atoms with E-state index in [0.717, 1.165) is 42.3 Å². The van der Waals surface area contributed by atoms with Gasteiger partial charge in [-0.3, -0.25) is 4.79 Å². The van der Waals surface area contributed by atoms with Crippen molar-refractivity contribution in [2.75, 3.05) is 18.4 Å². The largest absolute Gasteiger partial charge is 0.340 e. The minimum atomic E-state index is -0.204. The summed E-state index contributed by atoms with van der Waals surface area (Å²) in [5.74, 6) is 0.984. The van der Waals surface area contributed by atoms with Crippen LogP contribution in [-0.4, -0.2) is 36.0 Å². The Balaban J connectivity index is 1.21. The minimum absolute atomic E-state index is 0.0279. The second kappa shape index (κ2) is 5.22. The van der Waals surface area contributed by atoms with Crippen LogP contribution in [0, 0.1) is 11.3 Å². The standard InChI is InChI=1S/C20H21N3O2/c24-18(20-10-14(20)11-20)23-9-8-15(12-23)21-19(25)22-17-7-3-5-13-4-1-2-6-16(13)17/h1-7,14-15H,8-12H2,(H2,21,22,25). The molecule has 0 spiro atoms. The average molecular weight is 335 g/mol. The van der Waals surface area contributed by atoms with E-state index >= 15 is 0 Å². The van der Waals surface area contributed by atoms with Crippen molar-refractivity contribution >= 4 is 28.4 Å². The monoisotopic (exact) mass is 335 g/mol. The molecule has 0 bridgehead atoms. The van der Waals surface area contributed by atoms with E-state index in [4.69, 9.17) is 0 Å². The van der Waals surface area contributed by atoms with Crippen LogP contribution in [0.5, 0.6) is 0 Å². The summed E-state index contributed by atoms with van der Waals surface area (Å²) in [5.41, 5.74) is 0.833. The molecule has 2 N–H and O–H groups in total. The Kier molecular flexibility index (Phi) is 3.08. The second-order valence-electron chi connectivity index (χ2n) is 7.62. The van der Waals surface area contributed by atoms with Gasteiger partial charge in [0.2, 0.25) is 5.91 Å². The highest BCUT2D eigenvalue weighted by Crippen LogP contribution is 2.76. The normalized spacial score (nSPS) is 29.2. The van der Waals surface area contributed by atoms with Gasteiger partial charge >= 0.3 is 6.03 Å². The van der Waals surface area contributed by atoms with Gasteiger partial charge in [0.05, 0.1) is 11.1 Å². The number of fused-ring (bicyclic) bond motifs is 2. The van der Waals surface area contributed by atoms with Gasteiger partial charge in [-0.15, -0.1) is 0 Å². The first kappa shape index (κ1) is 14.8. The molecule has 0 aromatic heterocycles. The van der Waals surface area contributed by atoms with Crippen molar-refractivity contribution in [1.82, 2.24) is 10.2 Å². The van der Waals surface area contributed by atoms with E-state index in [9.17, 15) is 9.59 Å². The van der Waals surface area contributed by atoms with Crippen LogP contribution >= 0.6 is 0 Å². The van der Waals surface area contributed by atoms with Crippen LogP contribution in [0.25, 0.3) is 10.8 Å². The number of carbonyl (C=O) groups is 2. The minimum Gasteiger partial charge on any atom is -0.340 e. The molecule has 3 amide bonds. The summed E-state index contributed by atoms with van der Waals surface area (Å²) >= 11 is 0. The first-order chi connectivity index (χ1) is 12.2. The summed E-state index contributed by atoms with van der Waals surface area (Å²) in [6, 6.07) is 13.7. The molecule has 1 atom stereocenters. The molecule has 5 heteroatoms. The van der Waals surface area contributed by atoms with E-state index in [1.165, 1.54) is 0 Å². The van der Waals surface area contributed by atoms with Gasteiger partial charge in [0.15, 0.2) is 0 Å². The lowest BCUT2D eigenvalue weighted by atomic mass is 10.1. The van der Waals surface area contributed by atoms with Crippen molar-refractivity contribution in [3.05, 3.63) is 42.5 Å². The Hall–Kier alpha value is -2.56. The summed E-state index contributed by atoms with van der Waals surface area (Å²) in [6.45, 7) is 1.39. The van der Waals surface area contributed by atoms with E-state index in [-0.39, 0.29) is 17.5 Å². The molecule has 1 heterocycles. The predicted octanol–water partition coefficient (Wildman–Crippen LogP) is 2.97. The van der Waals surface area contributed by atoms with Gasteiger partial charge < -0.3 is 15.5 Å². The number of hydrogen-bond donors (Lipinski definition) is 2. The van der Waals surface area contributed by atoms with Crippen molar-refractivity contribution in [2.24, 2.45) is 11.3 Å². The Bertz CT molecular complexity index is 867. The Morgan fingerprint density at radius 2 is 1.84 bits per heavy atom. The SMILES string of the molecule is O=C(Nc1cccc2ccccc12)NC1CCN(C(=O)C23CC2C3)C1. The molecule has 3 fully saturated rings. The van der Waals surface area contributed by atoms with Crippen molar-refractivity contribution < 1.29 is 9.59 Å². The topological polar surface area (TPSA) is 61.4 Å². The quantitative estimate of drug-likeness (QED) is 0.906. The number of urea groups is 1. The molecule has 1 saturated heterocycles. The Morgan fingerprint density at radius 1 is 1.08 bits per heavy atom. The summed E-state index contributed by atoms with van der Waals surface area (Å²) in [6.07, 6.45) is 3.00. The molecule has 2 aromatic rings. The third kappa shape index (κ3) is 2.46. The Morgan fingerprint density at radius 3 is 2.64 bits per heavy atom. The first-order valence-corrected chi connectivity index (χ1v) is 9.00. The van der Waals surface area contributed by atoms with Crippen molar-refractivity contribution in [3.8, 4) is 0 Å². The lowest BCUT2D eigenvalue weighted by Gasteiger charge is -2.19. The molecule has 2 aromatic carbocycles. The predicted molar refractivity (Wildman–Crippen MR) is 96.2 cm³/mol. The average Bonchev–Trinajstić information content (AvgIpc) is 3.43. The molecule has 1 unspecified atom stereocenters. The maximum Gasteiger partial charge on any atom is 0.319 e. The van der Waals surface area contributed by atoms with Gasteiger partial charge in [-0.1, -0.05) is 36.4 Å². The smallest absolute Gasteiger partial charge is 0.319 e. The van der Waals surface area contributed by atoms with Gasteiger partial charge in [0.1, 0.15) is 0 Å². The number of carbonyl (C=O) groups excluding carboxylic acids is 2. The van der Waals surface area contributed by atoms with Crippen molar-refractivity contribution in [3.63, 3.8) is 0 Å². The highest BCUT2D eigenvalue weighted by Gasteiger charge is 2.75. The van der Waals surface area contributed by atoms with Gasteiger partial charge in [0, 0.05) is 24.5 Å². The third-order valence-electron chi connectivity index (χ3n) is 5.96. The van der Waals surface area contributed by atoms with Crippen LogP contribution in [0.1, 0.15) is 19.3 Å². The molecule has 1 aliphatic heterocycles. The number of rotatable bonds is 3. The third-order valence-corrected chi connectivity index (χ3v) is 5.96. The van der Waals surface area contributed by atoms with Crippen LogP contribution in [0.2, 0.25) is 0 Å². The summed E-state index contributed by atoms with van der Waals surface area (Å²) in [7, 11) is 0. The van der Waals surface area contributed by atoms with Crippen LogP contribution in [-0.2, 0) is 4.79 Å². The number of amides is 3. The molecule has 2 saturated carbocycles. The maximum absolute atomic E-state index is 12.4. The van der Waals surface area contributed by atoms with Crippen molar-refractivity contribution in [2.45, 2.75) is 25.3 Å². The summed E-state index contributed by atoms with van der Waals surface area (Å²) < 4.78 is 0. The molecule has 128 valence electrons. The van der Waals surface area contributed by atoms with Crippen LogP contribution in [0.15, 0.2) is 42.5 Å². The molecule has 0 radical (unpaired) electrons. The zero-order valence-corrected chi connectivity index (χ0v) is 14.0. The lowest BCUT2D eigenvalue weighted by molar-refractivity contribution is -0.133. The van der Waals surface area contributed by atoms with Gasteiger partial charge in [-0.25, -0.2) is 4.79 Å². The highest BCUT2D eigenvalue weighted by atomic mass is 16.2. The zero-order valence-electron chi connectivity index (χ0n) is 14.0. The number of nitrogens with zero attached hydrogens (tertiary/aromatic N) is 1. The fourth-order valence-corrected chi connectivity index (χ4v) is 4.11. The number of anilines is 1. The summed E-state index contributed by atoms with van der Waals surface area (Å²) in [5, 5.41) is 8.09. The second-order valence-corrected chi connectivity index (χ2v) is 7.62. The van der Waals surface area contributed by atoms with E-state index in [1.807, 2.05) is 47.4 Å². The number of likely N-dealkylation sites (tertiary alicyclic amines) is 1. The zero-order chi connectivity index (χ0) is 17.0. The number of hydrogen-bond acceptors (Lipinski definition) is 2. The van der Waals surface area contributed by atoms with Crippen molar-refractivity contribution in [1.29, 1.82) is 0 Å². The number of benzene rings is 2. The highest BCUT2D eigenvalue weighted by molar-refractivity contribution is 6.01. The van der Waals surface area contributed by atoms with Crippen LogP contribution in [0.4, 0.5) is 10.5 Å². The van der Waals surface area contributed by atoms with Gasteiger partial charge in [0.25, 0.3) is 0 Å². The molecular weight excluding hydrogens is 314 g/mol. The van der Waals surface area contributed by atoms with E-state index in [1.54, 1.807) is 0 Å². The van der Waals surface area contributed by atoms with E-state index in [2.05, 4.69) is 10.6 Å². The van der Waals surface area contributed by atoms with Crippen LogP contribution in [0.3, 0.4) is 0 Å². The fraction of sp³-hybridized carbons (Fsp3) is 0.400. The molecule has 5 rings (SSSR count). The molecular formula is C20H21N3O2. The van der Waals surface area contributed by atoms with E-state index in [0.29, 0.717) is 18.4 Å². The lowest BCUT2D eigenvalue weighted by Crippen LogP contribution is -2.41. The summed E-state index contributed by atoms with van der Waals surface area (Å²) in [4.78, 5) is 26.8.